The van der Waals surface area contributed by atoms with Gasteiger partial charge in [0.15, 0.2) is 6.29 Å². The Kier molecular flexibility index (Phi) is 5.21. The van der Waals surface area contributed by atoms with Crippen LogP contribution in [0, 0.1) is 0 Å². The van der Waals surface area contributed by atoms with Gasteiger partial charge in [0.1, 0.15) is 0 Å². The van der Waals surface area contributed by atoms with Crippen molar-refractivity contribution in [1.29, 1.82) is 0 Å². The van der Waals surface area contributed by atoms with Gasteiger partial charge in [0.2, 0.25) is 0 Å². The molecule has 0 aromatic carbocycles. The van der Waals surface area contributed by atoms with Crippen molar-refractivity contribution in [2.75, 3.05) is 27.3 Å². The minimum absolute atomic E-state index is 0.169. The fraction of sp³-hybridized carbons (Fsp3) is 0.667. The van der Waals surface area contributed by atoms with Crippen LogP contribution in [0.4, 0.5) is 0 Å². The second kappa shape index (κ2) is 6.53. The summed E-state index contributed by atoms with van der Waals surface area (Å²) in [5.74, 6) is 0. The largest absolute Gasteiger partial charge is 0.355 e. The minimum Gasteiger partial charge on any atom is -0.355 e. The normalized spacial score (nSPS) is 11.1. The van der Waals surface area contributed by atoms with Gasteiger partial charge in [-0.05, 0) is 0 Å². The summed E-state index contributed by atoms with van der Waals surface area (Å²) < 4.78 is 12.1. The summed E-state index contributed by atoms with van der Waals surface area (Å²) in [6.45, 7) is 2.47. The van der Waals surface area contributed by atoms with E-state index in [0.717, 1.165) is 13.1 Å². The molecule has 0 spiro atoms. The number of nitrogens with one attached hydrogen (secondary N) is 1. The lowest BCUT2D eigenvalue weighted by Gasteiger charge is -2.13. The Hall–Kier alpha value is -0.910. The Morgan fingerprint density at radius 3 is 2.79 bits per heavy atom. The van der Waals surface area contributed by atoms with Gasteiger partial charge in [-0.2, -0.15) is 0 Å². The second-order valence-electron chi connectivity index (χ2n) is 2.91. The van der Waals surface area contributed by atoms with Crippen molar-refractivity contribution in [2.45, 2.75) is 12.8 Å². The third-order valence-electron chi connectivity index (χ3n) is 1.94. The van der Waals surface area contributed by atoms with E-state index < -0.39 is 0 Å². The average molecular weight is 199 g/mol. The van der Waals surface area contributed by atoms with Crippen molar-refractivity contribution >= 4 is 0 Å². The van der Waals surface area contributed by atoms with E-state index in [-0.39, 0.29) is 6.29 Å². The Morgan fingerprint density at radius 1 is 1.43 bits per heavy atom. The predicted octanol–water partition coefficient (Wildman–Crippen LogP) is 0.0916. The van der Waals surface area contributed by atoms with Crippen molar-refractivity contribution in [3.05, 3.63) is 18.7 Å². The van der Waals surface area contributed by atoms with E-state index in [2.05, 4.69) is 10.3 Å². The van der Waals surface area contributed by atoms with Crippen LogP contribution in [0.2, 0.25) is 0 Å². The summed E-state index contributed by atoms with van der Waals surface area (Å²) in [6.07, 6.45) is 5.34. The van der Waals surface area contributed by atoms with Crippen molar-refractivity contribution in [2.24, 2.45) is 0 Å². The molecule has 1 rings (SSSR count). The number of aromatic nitrogens is 2. The smallest absolute Gasteiger partial charge is 0.169 e. The van der Waals surface area contributed by atoms with Crippen molar-refractivity contribution in [1.82, 2.24) is 14.9 Å². The number of hydrogen-bond acceptors (Lipinski definition) is 4. The molecule has 1 aromatic heterocycles. The van der Waals surface area contributed by atoms with Gasteiger partial charge in [0, 0.05) is 46.2 Å². The molecule has 0 aliphatic carbocycles. The number of ether oxygens (including phenoxy) is 2. The first-order chi connectivity index (χ1) is 6.86. The highest BCUT2D eigenvalue weighted by atomic mass is 16.7. The first-order valence-corrected chi connectivity index (χ1v) is 4.59. The molecule has 14 heavy (non-hydrogen) atoms. The van der Waals surface area contributed by atoms with Crippen LogP contribution in [0.3, 0.4) is 0 Å². The van der Waals surface area contributed by atoms with E-state index in [0.29, 0.717) is 6.54 Å². The molecule has 1 N–H and O–H groups in total. The van der Waals surface area contributed by atoms with Crippen molar-refractivity contribution < 1.29 is 9.47 Å². The molecule has 0 aliphatic heterocycles. The van der Waals surface area contributed by atoms with Gasteiger partial charge in [0.05, 0.1) is 6.33 Å². The van der Waals surface area contributed by atoms with Crippen molar-refractivity contribution in [3.63, 3.8) is 0 Å². The molecule has 5 nitrogen and oxygen atoms in total. The first-order valence-electron chi connectivity index (χ1n) is 4.59. The molecule has 0 atom stereocenters. The molecular formula is C9H17N3O2. The van der Waals surface area contributed by atoms with Crippen LogP contribution in [0.15, 0.2) is 18.7 Å². The van der Waals surface area contributed by atoms with Gasteiger partial charge in [0.25, 0.3) is 0 Å². The Balaban J connectivity index is 2.04. The van der Waals surface area contributed by atoms with Crippen LogP contribution in [-0.4, -0.2) is 43.2 Å². The van der Waals surface area contributed by atoms with Crippen LogP contribution in [0.1, 0.15) is 0 Å². The predicted molar refractivity (Wildman–Crippen MR) is 52.9 cm³/mol. The molecule has 80 valence electrons. The van der Waals surface area contributed by atoms with Crippen molar-refractivity contribution in [3.8, 4) is 0 Å². The molecule has 0 fully saturated rings. The molecule has 5 heteroatoms. The first kappa shape index (κ1) is 11.2. The van der Waals surface area contributed by atoms with Gasteiger partial charge < -0.3 is 19.4 Å². The van der Waals surface area contributed by atoms with Crippen LogP contribution < -0.4 is 5.32 Å². The van der Waals surface area contributed by atoms with Gasteiger partial charge in [-0.15, -0.1) is 0 Å². The van der Waals surface area contributed by atoms with Gasteiger partial charge in [-0.25, -0.2) is 4.98 Å². The lowest BCUT2D eigenvalue weighted by molar-refractivity contribution is -0.0986. The maximum Gasteiger partial charge on any atom is 0.169 e. The Morgan fingerprint density at radius 2 is 2.21 bits per heavy atom. The zero-order chi connectivity index (χ0) is 10.2. The fourth-order valence-corrected chi connectivity index (χ4v) is 1.11. The second-order valence-corrected chi connectivity index (χ2v) is 2.91. The molecule has 0 unspecified atom stereocenters. The molecule has 1 aromatic rings. The third-order valence-corrected chi connectivity index (χ3v) is 1.94. The Labute approximate surface area is 84.0 Å². The maximum absolute atomic E-state index is 5.03. The average Bonchev–Trinajstić information content (AvgIpc) is 2.71. The minimum atomic E-state index is -0.169. The highest BCUT2D eigenvalue weighted by molar-refractivity contribution is 4.74. The highest BCUT2D eigenvalue weighted by Crippen LogP contribution is 1.88. The quantitative estimate of drug-likeness (QED) is 0.499. The lowest BCUT2D eigenvalue weighted by atomic mass is 10.5. The van der Waals surface area contributed by atoms with E-state index in [1.165, 1.54) is 0 Å². The summed E-state index contributed by atoms with van der Waals surface area (Å²) in [6, 6.07) is 0. The van der Waals surface area contributed by atoms with Crippen LogP contribution in [-0.2, 0) is 16.0 Å². The molecular weight excluding hydrogens is 182 g/mol. The molecule has 1 heterocycles. The third kappa shape index (κ3) is 3.87. The van der Waals surface area contributed by atoms with E-state index in [4.69, 9.17) is 9.47 Å². The Bertz CT molecular complexity index is 222. The van der Waals surface area contributed by atoms with E-state index in [1.54, 1.807) is 26.7 Å². The van der Waals surface area contributed by atoms with Crippen LogP contribution >= 0.6 is 0 Å². The topological polar surface area (TPSA) is 48.3 Å². The molecule has 0 amide bonds. The van der Waals surface area contributed by atoms with Gasteiger partial charge in [-0.3, -0.25) is 0 Å². The number of nitrogens with zero attached hydrogens (tertiary/aromatic N) is 2. The van der Waals surface area contributed by atoms with E-state index in [9.17, 15) is 0 Å². The molecule has 0 saturated carbocycles. The maximum atomic E-state index is 5.03. The number of hydrogen-bond donors (Lipinski definition) is 1. The molecule has 0 aliphatic rings. The summed E-state index contributed by atoms with van der Waals surface area (Å²) in [4.78, 5) is 3.95. The zero-order valence-electron chi connectivity index (χ0n) is 8.64. The summed E-state index contributed by atoms with van der Waals surface area (Å²) in [5, 5.41) is 3.23. The molecule has 0 radical (unpaired) electrons. The van der Waals surface area contributed by atoms with Crippen LogP contribution in [0.25, 0.3) is 0 Å². The fourth-order valence-electron chi connectivity index (χ4n) is 1.11. The molecule has 0 saturated heterocycles. The zero-order valence-corrected chi connectivity index (χ0v) is 8.64. The molecule has 0 bridgehead atoms. The lowest BCUT2D eigenvalue weighted by Crippen LogP contribution is -2.31. The SMILES string of the molecule is COC(CNCCn1ccnc1)OC. The van der Waals surface area contributed by atoms with Gasteiger partial charge >= 0.3 is 0 Å². The monoisotopic (exact) mass is 199 g/mol. The summed E-state index contributed by atoms with van der Waals surface area (Å²) >= 11 is 0. The number of rotatable bonds is 7. The standard InChI is InChI=1S/C9H17N3O2/c1-13-9(14-2)7-10-3-5-12-6-4-11-8-12/h4,6,8-10H,3,5,7H2,1-2H3. The van der Waals surface area contributed by atoms with Crippen LogP contribution in [0.5, 0.6) is 0 Å². The summed E-state index contributed by atoms with van der Waals surface area (Å²) in [7, 11) is 3.26. The summed E-state index contributed by atoms with van der Waals surface area (Å²) in [5.41, 5.74) is 0. The van der Waals surface area contributed by atoms with E-state index >= 15 is 0 Å². The van der Waals surface area contributed by atoms with E-state index in [1.807, 2.05) is 10.8 Å². The highest BCUT2D eigenvalue weighted by Gasteiger charge is 2.02. The van der Waals surface area contributed by atoms with Gasteiger partial charge in [-0.1, -0.05) is 0 Å². The number of methoxy groups -OCH3 is 2. The number of imidazole rings is 1.